The zero-order valence-electron chi connectivity index (χ0n) is 16.0. The number of nitrogens with one attached hydrogen (secondary N) is 1. The number of amides is 1. The molecule has 0 unspecified atom stereocenters. The summed E-state index contributed by atoms with van der Waals surface area (Å²) in [6.45, 7) is 4.17. The molecule has 8 heteroatoms. The van der Waals surface area contributed by atoms with E-state index < -0.39 is 0 Å². The highest BCUT2D eigenvalue weighted by Crippen LogP contribution is 2.18. The summed E-state index contributed by atoms with van der Waals surface area (Å²) in [5.41, 5.74) is 4.85. The molecule has 4 rings (SSSR count). The van der Waals surface area contributed by atoms with Gasteiger partial charge in [0, 0.05) is 29.1 Å². The van der Waals surface area contributed by atoms with Gasteiger partial charge in [0.1, 0.15) is 18.5 Å². The van der Waals surface area contributed by atoms with Gasteiger partial charge in [-0.2, -0.15) is 5.10 Å². The third-order valence-electron chi connectivity index (χ3n) is 4.78. The number of hydrogen-bond donors (Lipinski definition) is 1. The molecular formula is C21H19FN6O. The molecule has 4 aromatic rings. The molecule has 2 aromatic heterocycles. The van der Waals surface area contributed by atoms with E-state index in [2.05, 4.69) is 20.6 Å². The molecular weight excluding hydrogens is 371 g/mol. The van der Waals surface area contributed by atoms with Crippen LogP contribution in [0.2, 0.25) is 0 Å². The minimum atomic E-state index is -0.293. The summed E-state index contributed by atoms with van der Waals surface area (Å²) < 4.78 is 16.7. The Kier molecular flexibility index (Phi) is 4.90. The number of nitrogens with zero attached hydrogens (tertiary/aromatic N) is 5. The fourth-order valence-electron chi connectivity index (χ4n) is 3.15. The highest BCUT2D eigenvalue weighted by atomic mass is 19.1. The van der Waals surface area contributed by atoms with Crippen molar-refractivity contribution in [2.45, 2.75) is 20.4 Å². The number of hydrogen-bond acceptors (Lipinski definition) is 4. The first-order valence-corrected chi connectivity index (χ1v) is 9.07. The maximum Gasteiger partial charge on any atom is 0.251 e. The molecule has 7 nitrogen and oxygen atoms in total. The lowest BCUT2D eigenvalue weighted by molar-refractivity contribution is 0.0951. The van der Waals surface area contributed by atoms with E-state index in [4.69, 9.17) is 0 Å². The van der Waals surface area contributed by atoms with Crippen molar-refractivity contribution in [1.82, 2.24) is 29.9 Å². The van der Waals surface area contributed by atoms with Crippen molar-refractivity contribution in [3.63, 3.8) is 0 Å². The zero-order valence-corrected chi connectivity index (χ0v) is 16.0. The van der Waals surface area contributed by atoms with E-state index in [1.54, 1.807) is 46.2 Å². The summed E-state index contributed by atoms with van der Waals surface area (Å²) >= 11 is 0. The summed E-state index contributed by atoms with van der Waals surface area (Å²) in [4.78, 5) is 12.5. The van der Waals surface area contributed by atoms with Gasteiger partial charge in [0.2, 0.25) is 0 Å². The van der Waals surface area contributed by atoms with E-state index in [0.717, 1.165) is 28.3 Å². The van der Waals surface area contributed by atoms with Gasteiger partial charge in [-0.25, -0.2) is 9.07 Å². The Labute approximate surface area is 166 Å². The number of carbonyl (C=O) groups is 1. The van der Waals surface area contributed by atoms with Crippen molar-refractivity contribution >= 4 is 5.91 Å². The molecule has 1 amide bonds. The Bertz CT molecular complexity index is 1130. The van der Waals surface area contributed by atoms with Crippen molar-refractivity contribution in [3.8, 4) is 11.4 Å². The molecule has 0 radical (unpaired) electrons. The Morgan fingerprint density at radius 3 is 2.24 bits per heavy atom. The lowest BCUT2D eigenvalue weighted by atomic mass is 10.1. The fraction of sp³-hybridized carbons (Fsp3) is 0.143. The molecule has 0 fully saturated rings. The topological polar surface area (TPSA) is 77.6 Å². The first-order chi connectivity index (χ1) is 14.0. The predicted molar refractivity (Wildman–Crippen MR) is 106 cm³/mol. The van der Waals surface area contributed by atoms with E-state index in [0.29, 0.717) is 12.1 Å². The average molecular weight is 390 g/mol. The number of rotatable bonds is 5. The molecule has 0 spiro atoms. The number of aromatic nitrogens is 5. The Morgan fingerprint density at radius 1 is 0.966 bits per heavy atom. The molecule has 0 saturated heterocycles. The normalized spacial score (nSPS) is 10.9. The maximum absolute atomic E-state index is 13.2. The van der Waals surface area contributed by atoms with Crippen molar-refractivity contribution in [1.29, 1.82) is 0 Å². The zero-order chi connectivity index (χ0) is 20.4. The first kappa shape index (κ1) is 18.5. The van der Waals surface area contributed by atoms with Gasteiger partial charge >= 0.3 is 0 Å². The fourth-order valence-corrected chi connectivity index (χ4v) is 3.15. The number of carbonyl (C=O) groups excluding carboxylic acids is 1. The molecule has 1 N–H and O–H groups in total. The van der Waals surface area contributed by atoms with Crippen LogP contribution in [0.1, 0.15) is 27.3 Å². The van der Waals surface area contributed by atoms with E-state index >= 15 is 0 Å². The van der Waals surface area contributed by atoms with Gasteiger partial charge in [-0.05, 0) is 62.4 Å². The molecule has 0 aliphatic rings. The van der Waals surface area contributed by atoms with E-state index in [-0.39, 0.29) is 11.7 Å². The minimum absolute atomic E-state index is 0.173. The van der Waals surface area contributed by atoms with Crippen LogP contribution >= 0.6 is 0 Å². The van der Waals surface area contributed by atoms with Crippen LogP contribution in [0, 0.1) is 19.7 Å². The Morgan fingerprint density at radius 2 is 1.59 bits per heavy atom. The highest BCUT2D eigenvalue weighted by Gasteiger charge is 2.14. The summed E-state index contributed by atoms with van der Waals surface area (Å²) in [6, 6.07) is 13.3. The third-order valence-corrected chi connectivity index (χ3v) is 4.78. The number of halogens is 1. The number of aryl methyl sites for hydroxylation is 1. The van der Waals surface area contributed by atoms with Crippen molar-refractivity contribution in [2.75, 3.05) is 0 Å². The molecule has 0 saturated carbocycles. The Balaban J connectivity index is 1.47. The minimum Gasteiger partial charge on any atom is -0.348 e. The summed E-state index contributed by atoms with van der Waals surface area (Å²) in [7, 11) is 0. The van der Waals surface area contributed by atoms with Crippen LogP contribution in [-0.2, 0) is 6.54 Å². The molecule has 0 bridgehead atoms. The highest BCUT2D eigenvalue weighted by molar-refractivity contribution is 5.94. The number of benzene rings is 2. The van der Waals surface area contributed by atoms with Crippen molar-refractivity contribution in [3.05, 3.63) is 89.5 Å². The van der Waals surface area contributed by atoms with E-state index in [1.807, 2.05) is 26.0 Å². The van der Waals surface area contributed by atoms with Crippen molar-refractivity contribution < 1.29 is 9.18 Å². The van der Waals surface area contributed by atoms with Crippen LogP contribution in [-0.4, -0.2) is 30.5 Å². The smallest absolute Gasteiger partial charge is 0.251 e. The summed E-state index contributed by atoms with van der Waals surface area (Å²) in [5.74, 6) is -0.466. The molecule has 2 heterocycles. The van der Waals surface area contributed by atoms with Gasteiger partial charge in [0.25, 0.3) is 5.91 Å². The van der Waals surface area contributed by atoms with Gasteiger partial charge in [-0.3, -0.25) is 9.36 Å². The second-order valence-corrected chi connectivity index (χ2v) is 6.64. The largest absolute Gasteiger partial charge is 0.348 e. The van der Waals surface area contributed by atoms with Crippen molar-refractivity contribution in [2.24, 2.45) is 0 Å². The molecule has 29 heavy (non-hydrogen) atoms. The Hall–Kier alpha value is -3.81. The van der Waals surface area contributed by atoms with Crippen LogP contribution in [0.3, 0.4) is 0 Å². The van der Waals surface area contributed by atoms with Gasteiger partial charge in [-0.1, -0.05) is 0 Å². The second-order valence-electron chi connectivity index (χ2n) is 6.64. The standard InChI is InChI=1S/C21H19FN6O/c1-14-20(15(2)28(26-14)19-9-5-17(22)6-10-19)11-23-21(29)16-3-7-18(8-4-16)27-12-24-25-13-27/h3-10,12-13H,11H2,1-2H3,(H,23,29). The lowest BCUT2D eigenvalue weighted by Crippen LogP contribution is -2.23. The van der Waals surface area contributed by atoms with Crippen LogP contribution in [0.4, 0.5) is 4.39 Å². The van der Waals surface area contributed by atoms with Gasteiger partial charge in [0.15, 0.2) is 0 Å². The maximum atomic E-state index is 13.2. The average Bonchev–Trinajstić information content (AvgIpc) is 3.36. The molecule has 0 aliphatic carbocycles. The monoisotopic (exact) mass is 390 g/mol. The van der Waals surface area contributed by atoms with Gasteiger partial charge < -0.3 is 5.32 Å². The first-order valence-electron chi connectivity index (χ1n) is 9.07. The third kappa shape index (κ3) is 3.77. The molecule has 0 aliphatic heterocycles. The van der Waals surface area contributed by atoms with E-state index in [9.17, 15) is 9.18 Å². The predicted octanol–water partition coefficient (Wildman–Crippen LogP) is 3.14. The van der Waals surface area contributed by atoms with Gasteiger partial charge in [0.05, 0.1) is 11.4 Å². The summed E-state index contributed by atoms with van der Waals surface area (Å²) in [6.07, 6.45) is 3.19. The van der Waals surface area contributed by atoms with Crippen LogP contribution < -0.4 is 5.32 Å². The SMILES string of the molecule is Cc1nn(-c2ccc(F)cc2)c(C)c1CNC(=O)c1ccc(-n2cnnc2)cc1. The summed E-state index contributed by atoms with van der Waals surface area (Å²) in [5, 5.41) is 15.0. The quantitative estimate of drug-likeness (QED) is 0.568. The molecule has 146 valence electrons. The van der Waals surface area contributed by atoms with Crippen LogP contribution in [0.25, 0.3) is 11.4 Å². The molecule has 2 aromatic carbocycles. The van der Waals surface area contributed by atoms with Crippen LogP contribution in [0.15, 0.2) is 61.2 Å². The van der Waals surface area contributed by atoms with Gasteiger partial charge in [-0.15, -0.1) is 10.2 Å². The second kappa shape index (κ2) is 7.67. The van der Waals surface area contributed by atoms with E-state index in [1.165, 1.54) is 12.1 Å². The van der Waals surface area contributed by atoms with Crippen LogP contribution in [0.5, 0.6) is 0 Å². The molecule has 0 atom stereocenters. The lowest BCUT2D eigenvalue weighted by Gasteiger charge is -2.08.